The second-order valence-electron chi connectivity index (χ2n) is 46.8. The monoisotopic (exact) mass is 1660 g/mol. The summed E-state index contributed by atoms with van der Waals surface area (Å²) in [4.78, 5) is 48.1. The predicted octanol–water partition coefficient (Wildman–Crippen LogP) is 22.0. The van der Waals surface area contributed by atoms with Crippen molar-refractivity contribution < 1.29 is 62.5 Å². The minimum Gasteiger partial charge on any atom is -0.511 e. The van der Waals surface area contributed by atoms with E-state index < -0.39 is 5.41 Å². The number of fused-ring (bicyclic) bond motifs is 24. The molecule has 21 rings (SSSR count). The lowest BCUT2D eigenvalue weighted by molar-refractivity contribution is -0.155. The smallest absolute Gasteiger partial charge is 0.173 e. The van der Waals surface area contributed by atoms with Crippen molar-refractivity contribution >= 4 is 23.1 Å². The third-order valence-electron chi connectivity index (χ3n) is 43.4. The highest BCUT2D eigenvalue weighted by molar-refractivity contribution is 6.01. The van der Waals surface area contributed by atoms with E-state index in [0.29, 0.717) is 126 Å². The molecule has 121 heavy (non-hydrogen) atoms. The van der Waals surface area contributed by atoms with Crippen LogP contribution in [0.3, 0.4) is 0 Å². The van der Waals surface area contributed by atoms with Crippen LogP contribution in [0.25, 0.3) is 0 Å². The van der Waals surface area contributed by atoms with Crippen LogP contribution < -0.4 is 0 Å². The van der Waals surface area contributed by atoms with E-state index in [1.54, 1.807) is 21.3 Å². The van der Waals surface area contributed by atoms with E-state index in [0.717, 1.165) is 174 Å². The van der Waals surface area contributed by atoms with E-state index in [2.05, 4.69) is 94.4 Å². The van der Waals surface area contributed by atoms with Gasteiger partial charge in [0, 0.05) is 58.8 Å². The highest BCUT2D eigenvalue weighted by Gasteiger charge is 2.77. The molecular weight excluding hydrogens is 1510 g/mol. The number of nitrogens with zero attached hydrogens (tertiary/aromatic N) is 3. The van der Waals surface area contributed by atoms with Gasteiger partial charge in [-0.1, -0.05) is 87.3 Å². The summed E-state index contributed by atoms with van der Waals surface area (Å²) in [6.07, 6.45) is 48.6. The first-order valence-corrected chi connectivity index (χ1v) is 49.3. The summed E-state index contributed by atoms with van der Waals surface area (Å²) in [6.45, 7) is 27.8. The zero-order chi connectivity index (χ0) is 85.8. The molecule has 21 aliphatic rings. The van der Waals surface area contributed by atoms with Crippen LogP contribution in [-0.4, -0.2) is 111 Å². The molecule has 2 N–H and O–H groups in total. The number of allylic oxidation sites excluding steroid dienone is 5. The fourth-order valence-corrected chi connectivity index (χ4v) is 36.2. The third kappa shape index (κ3) is 13.6. The van der Waals surface area contributed by atoms with E-state index in [1.165, 1.54) is 145 Å². The van der Waals surface area contributed by atoms with Crippen LogP contribution in [0.2, 0.25) is 0 Å². The zero-order valence-electron chi connectivity index (χ0n) is 76.9. The van der Waals surface area contributed by atoms with Crippen molar-refractivity contribution in [1.82, 2.24) is 0 Å². The number of Topliss-reactive ketones (excluding diaryl/α,β-unsaturated/α-hetero) is 2. The number of hydrogen-bond donors (Lipinski definition) is 2. The van der Waals surface area contributed by atoms with Crippen LogP contribution in [0.5, 0.6) is 0 Å². The highest BCUT2D eigenvalue weighted by Crippen LogP contribution is 2.76. The maximum atomic E-state index is 12.2. The number of methoxy groups -OCH3 is 3. The van der Waals surface area contributed by atoms with Crippen LogP contribution in [0.4, 0.5) is 0 Å². The van der Waals surface area contributed by atoms with Crippen molar-refractivity contribution in [2.45, 2.75) is 369 Å². The molecule has 16 nitrogen and oxygen atoms in total. The van der Waals surface area contributed by atoms with Crippen molar-refractivity contribution in [3.8, 4) is 18.2 Å². The van der Waals surface area contributed by atoms with Crippen LogP contribution >= 0.6 is 0 Å². The van der Waals surface area contributed by atoms with Gasteiger partial charge in [0.1, 0.15) is 49.3 Å². The predicted molar refractivity (Wildman–Crippen MR) is 463 cm³/mol. The second-order valence-corrected chi connectivity index (χ2v) is 46.8. The molecule has 1 saturated heterocycles. The molecule has 16 heteroatoms. The fourth-order valence-electron chi connectivity index (χ4n) is 36.2. The van der Waals surface area contributed by atoms with E-state index in [-0.39, 0.29) is 73.4 Å². The first-order valence-electron chi connectivity index (χ1n) is 49.3. The Balaban J connectivity index is 0.000000108. The van der Waals surface area contributed by atoms with Gasteiger partial charge in [-0.2, -0.15) is 15.8 Å². The van der Waals surface area contributed by atoms with Crippen molar-refractivity contribution in [2.75, 3.05) is 41.7 Å². The number of ether oxygens (including phenoxy) is 7. The van der Waals surface area contributed by atoms with Crippen molar-refractivity contribution in [3.63, 3.8) is 0 Å². The van der Waals surface area contributed by atoms with Gasteiger partial charge in [0.25, 0.3) is 0 Å². The van der Waals surface area contributed by atoms with E-state index in [1.807, 2.05) is 12.2 Å². The lowest BCUT2D eigenvalue weighted by Crippen LogP contribution is -2.58. The number of hydrogen-bond acceptors (Lipinski definition) is 16. The topological polar surface area (TPSA) is 248 Å². The lowest BCUT2D eigenvalue weighted by Gasteiger charge is -2.62. The van der Waals surface area contributed by atoms with E-state index in [9.17, 15) is 45.2 Å². The van der Waals surface area contributed by atoms with Gasteiger partial charge in [-0.05, 0) is 386 Å². The van der Waals surface area contributed by atoms with Gasteiger partial charge in [0.2, 0.25) is 0 Å². The maximum Gasteiger partial charge on any atom is 0.173 e. The van der Waals surface area contributed by atoms with Crippen molar-refractivity contribution in [1.29, 1.82) is 15.8 Å². The highest BCUT2D eigenvalue weighted by atomic mass is 16.7. The lowest BCUT2D eigenvalue weighted by atomic mass is 9.40. The Morgan fingerprint density at radius 3 is 1.33 bits per heavy atom. The zero-order valence-corrected chi connectivity index (χ0v) is 76.9. The molecule has 1 spiro atoms. The first kappa shape index (κ1) is 88.6. The third-order valence-corrected chi connectivity index (χ3v) is 43.4. The molecule has 20 aliphatic carbocycles. The van der Waals surface area contributed by atoms with Gasteiger partial charge in [-0.25, -0.2) is 0 Å². The molecule has 0 aromatic rings. The number of carbonyl (C=O) groups excluding carboxylic acids is 4. The van der Waals surface area contributed by atoms with Crippen LogP contribution in [0, 0.1) is 188 Å². The molecule has 16 saturated carbocycles. The standard InChI is InChI=1S/C23H32N2O3.C21H29NO.C21H32O4.C21H32O3.C19H28O2/c1-21-9-7-17-15(16(21)4-5-20(21)28-14-27-3)6-11-23(13-25)18(12-24)19(26)8-10-22(17,23)2;1-13-4-6-16-14-5-7-17-15(12-22)19(23)9-11-21(17,3)18(14)8-10-20(13,16)2;1-19-9-7-15-13(14(19)4-5-17(19)24-12-23-3)6-11-21-18(25-21)16(22)8-10-20(15,21)2;1-20-10-8-15(22)12-14(20)4-5-16-17-6-7-19(24-13-23-3)21(17,2)11-9-18(16)20;1-18-9-7-13(20)11-12(18)3-4-14-15-5-6-17(21)19(15,2)10-8-16(14)18/h15-17,20,26H,4-11,14H2,1-3H3;13-14,16,18H,4-11H2,1-3H3;13-15,17-18H,4-12H2,1-3H3;12,16-19H,4-11,13H2,1-3H3;11,14-17,21H,3-10H2,1-2H3/t15-,16-,17-,20-,21-,22+,23?;13-,14-,16-,18-,20+,21-;13-,14-,15-,17-,18?,19-,20+,21?;16-,17-,18-,19-,20-,21-;14-,15-,16-,17-,18-,19-/m00000/s1. The number of aliphatic hydroxyl groups is 2. The molecule has 1 heterocycles. The Kier molecular flexibility index (Phi) is 23.9. The molecule has 1 aliphatic heterocycles. The maximum absolute atomic E-state index is 12.2. The van der Waals surface area contributed by atoms with Gasteiger partial charge >= 0.3 is 0 Å². The van der Waals surface area contributed by atoms with Crippen molar-refractivity contribution in [2.24, 2.45) is 154 Å². The number of aliphatic hydroxyl groups excluding tert-OH is 2. The Hall–Kier alpha value is -4.41. The van der Waals surface area contributed by atoms with Gasteiger partial charge in [-0.15, -0.1) is 0 Å². The number of carbonyl (C=O) groups is 4. The summed E-state index contributed by atoms with van der Waals surface area (Å²) in [7, 11) is 5.10. The quantitative estimate of drug-likeness (QED) is 0.161. The molecule has 666 valence electrons. The summed E-state index contributed by atoms with van der Waals surface area (Å²) < 4.78 is 39.9. The minimum atomic E-state index is -0.830. The van der Waals surface area contributed by atoms with Gasteiger partial charge < -0.3 is 43.4 Å². The summed E-state index contributed by atoms with van der Waals surface area (Å²) >= 11 is 0. The Labute approximate surface area is 726 Å². The van der Waals surface area contributed by atoms with Crippen LogP contribution in [0.15, 0.2) is 45.8 Å². The average Bonchev–Trinajstić information content (AvgIpc) is 1.40. The number of nitriles is 3. The minimum absolute atomic E-state index is 0.0677. The molecule has 0 radical (unpaired) electrons. The number of ketones is 4. The second kappa shape index (κ2) is 32.7. The van der Waals surface area contributed by atoms with Gasteiger partial charge in [-0.3, -0.25) is 19.2 Å². The SMILES string of the molecule is COCO[C@H]1CC[C@H]2[C@@H]3CCC4(C#N)C(C#N)=C(O)CC[C@]4(C)[C@H]3CC[C@]12C.COCO[C@H]1CC[C@H]2[C@@H]3CCC45OC4C(=O)CC[C@]5(C)[C@H]3CC[C@]12C.COCO[C@H]1CC[C@H]2[C@@H]3CCC4=CC(=O)CC[C@]4(C)[C@H]3CC[C@]12C.C[C@H]1CC[C@H]2[C@@H]3CCC4=C(C#N)C(=O)CC[C@]4(C)[C@H]3CC[C@]12C.C[C@]12CC[C@H]3[C@@H](CCC4=CC(=O)CC[C@@]43C)[C@@H]1CC[C@@H]2O. The normalized spacial score (nSPS) is 50.6. The molecule has 0 amide bonds. The van der Waals surface area contributed by atoms with Crippen LogP contribution in [0.1, 0.15) is 333 Å². The summed E-state index contributed by atoms with van der Waals surface area (Å²) in [5, 5.41) is 50.4. The molecule has 33 atom stereocenters. The van der Waals surface area contributed by atoms with Gasteiger partial charge in [0.05, 0.1) is 47.7 Å². The van der Waals surface area contributed by atoms with Gasteiger partial charge in [0.15, 0.2) is 23.1 Å². The first-order chi connectivity index (χ1) is 57.7. The van der Waals surface area contributed by atoms with E-state index in [4.69, 9.17) is 33.2 Å². The number of rotatable bonds is 9. The number of epoxide rings is 1. The molecule has 17 fully saturated rings. The Morgan fingerprint density at radius 2 is 0.826 bits per heavy atom. The van der Waals surface area contributed by atoms with Crippen molar-refractivity contribution in [3.05, 3.63) is 45.8 Å². The molecule has 0 bridgehead atoms. The summed E-state index contributed by atoms with van der Waals surface area (Å²) in [5.74, 6) is 13.0. The molecular formula is C105H153N3O13. The average molecular weight is 1670 g/mol. The Bertz CT molecular complexity index is 4270. The largest absolute Gasteiger partial charge is 0.511 e. The Morgan fingerprint density at radius 1 is 0.405 bits per heavy atom. The fraction of sp³-hybridized carbons (Fsp3) is 0.857. The summed E-state index contributed by atoms with van der Waals surface area (Å²) in [5.41, 5.74) is 6.25. The summed E-state index contributed by atoms with van der Waals surface area (Å²) in [6, 6.07) is 7.04. The van der Waals surface area contributed by atoms with E-state index >= 15 is 0 Å². The molecule has 0 aromatic heterocycles. The molecule has 0 aromatic carbocycles. The molecule has 3 unspecified atom stereocenters. The van der Waals surface area contributed by atoms with Crippen LogP contribution in [-0.2, 0) is 52.3 Å².